The topological polar surface area (TPSA) is 17.1 Å². The third-order valence-corrected chi connectivity index (χ3v) is 2.89. The van der Waals surface area contributed by atoms with E-state index < -0.39 is 48.4 Å². The SMILES string of the molecule is CC(=O)C=CC1=CC(C(F)(F)F)CCC1C(F)(F)F. The molecule has 0 spiro atoms. The molecule has 2 atom stereocenters. The van der Waals surface area contributed by atoms with Gasteiger partial charge in [0.1, 0.15) is 0 Å². The fraction of sp³-hybridized carbons (Fsp3) is 0.583. The van der Waals surface area contributed by atoms with Crippen LogP contribution in [-0.4, -0.2) is 18.1 Å². The highest BCUT2D eigenvalue weighted by molar-refractivity contribution is 5.87. The molecule has 108 valence electrons. The zero-order valence-corrected chi connectivity index (χ0v) is 9.98. The molecule has 0 aromatic rings. The quantitative estimate of drug-likeness (QED) is 0.549. The lowest BCUT2D eigenvalue weighted by Gasteiger charge is -2.30. The summed E-state index contributed by atoms with van der Waals surface area (Å²) in [6, 6.07) is 0. The lowest BCUT2D eigenvalue weighted by atomic mass is 9.81. The van der Waals surface area contributed by atoms with Crippen molar-refractivity contribution in [3.05, 3.63) is 23.8 Å². The molecule has 1 aliphatic carbocycles. The Morgan fingerprint density at radius 1 is 1.16 bits per heavy atom. The molecule has 2 unspecified atom stereocenters. The smallest absolute Gasteiger partial charge is 0.295 e. The molecule has 0 saturated carbocycles. The Bertz CT molecular complexity index is 401. The fourth-order valence-corrected chi connectivity index (χ4v) is 1.94. The number of rotatable bonds is 2. The van der Waals surface area contributed by atoms with Gasteiger partial charge in [0.2, 0.25) is 0 Å². The molecule has 0 aliphatic heterocycles. The number of carbonyl (C=O) groups excluding carboxylic acids is 1. The third kappa shape index (κ3) is 4.40. The van der Waals surface area contributed by atoms with E-state index in [-0.39, 0.29) is 0 Å². The van der Waals surface area contributed by atoms with E-state index in [1.807, 2.05) is 0 Å². The third-order valence-electron chi connectivity index (χ3n) is 2.89. The van der Waals surface area contributed by atoms with Gasteiger partial charge in [-0.3, -0.25) is 4.79 Å². The molecule has 19 heavy (non-hydrogen) atoms. The van der Waals surface area contributed by atoms with E-state index in [0.29, 0.717) is 6.08 Å². The minimum atomic E-state index is -4.61. The van der Waals surface area contributed by atoms with Crippen molar-refractivity contribution in [2.75, 3.05) is 0 Å². The zero-order chi connectivity index (χ0) is 14.8. The Kier molecular flexibility index (Phi) is 4.47. The normalized spacial score (nSPS) is 25.5. The Labute approximate surface area is 106 Å². The first kappa shape index (κ1) is 15.8. The first-order valence-electron chi connectivity index (χ1n) is 5.55. The van der Waals surface area contributed by atoms with Crippen LogP contribution in [0.4, 0.5) is 26.3 Å². The first-order valence-corrected chi connectivity index (χ1v) is 5.55. The molecule has 0 aromatic carbocycles. The van der Waals surface area contributed by atoms with E-state index in [4.69, 9.17) is 0 Å². The second-order valence-electron chi connectivity index (χ2n) is 4.43. The van der Waals surface area contributed by atoms with E-state index in [9.17, 15) is 31.1 Å². The predicted molar refractivity (Wildman–Crippen MR) is 56.2 cm³/mol. The van der Waals surface area contributed by atoms with Crippen molar-refractivity contribution in [1.82, 2.24) is 0 Å². The second-order valence-corrected chi connectivity index (χ2v) is 4.43. The van der Waals surface area contributed by atoms with Crippen molar-refractivity contribution < 1.29 is 31.1 Å². The number of carbonyl (C=O) groups is 1. The molecular weight excluding hydrogens is 274 g/mol. The van der Waals surface area contributed by atoms with Crippen LogP contribution in [0.3, 0.4) is 0 Å². The summed E-state index contributed by atoms with van der Waals surface area (Å²) >= 11 is 0. The van der Waals surface area contributed by atoms with Gasteiger partial charge in [0, 0.05) is 0 Å². The van der Waals surface area contributed by atoms with Crippen molar-refractivity contribution in [2.24, 2.45) is 11.8 Å². The summed E-state index contributed by atoms with van der Waals surface area (Å²) in [6.07, 6.45) is -8.13. The predicted octanol–water partition coefficient (Wildman–Crippen LogP) is 4.21. The van der Waals surface area contributed by atoms with Gasteiger partial charge in [-0.25, -0.2) is 0 Å². The molecule has 0 fully saturated rings. The summed E-state index contributed by atoms with van der Waals surface area (Å²) in [4.78, 5) is 10.7. The monoisotopic (exact) mass is 286 g/mol. The van der Waals surface area contributed by atoms with E-state index in [2.05, 4.69) is 0 Å². The van der Waals surface area contributed by atoms with Gasteiger partial charge in [-0.15, -0.1) is 0 Å². The Morgan fingerprint density at radius 3 is 2.16 bits per heavy atom. The van der Waals surface area contributed by atoms with Gasteiger partial charge in [-0.05, 0) is 31.4 Å². The van der Waals surface area contributed by atoms with Crippen LogP contribution in [0.25, 0.3) is 0 Å². The van der Waals surface area contributed by atoms with Crippen LogP contribution < -0.4 is 0 Å². The first-order chi connectivity index (χ1) is 8.51. The highest BCUT2D eigenvalue weighted by Gasteiger charge is 2.47. The molecule has 7 heteroatoms. The second kappa shape index (κ2) is 5.38. The van der Waals surface area contributed by atoms with Gasteiger partial charge in [0.25, 0.3) is 0 Å². The van der Waals surface area contributed by atoms with Crippen molar-refractivity contribution in [3.8, 4) is 0 Å². The Balaban J connectivity index is 3.09. The molecule has 0 heterocycles. The number of halogens is 6. The van der Waals surface area contributed by atoms with E-state index in [1.54, 1.807) is 0 Å². The van der Waals surface area contributed by atoms with Gasteiger partial charge in [0.05, 0.1) is 11.8 Å². The van der Waals surface area contributed by atoms with Crippen LogP contribution in [0, 0.1) is 11.8 Å². The van der Waals surface area contributed by atoms with Gasteiger partial charge in [-0.2, -0.15) is 26.3 Å². The largest absolute Gasteiger partial charge is 0.395 e. The number of hydrogen-bond donors (Lipinski definition) is 0. The molecule has 0 radical (unpaired) electrons. The van der Waals surface area contributed by atoms with Crippen molar-refractivity contribution in [3.63, 3.8) is 0 Å². The molecule has 1 nitrogen and oxygen atoms in total. The van der Waals surface area contributed by atoms with Crippen LogP contribution in [0.15, 0.2) is 23.8 Å². The van der Waals surface area contributed by atoms with Crippen LogP contribution in [-0.2, 0) is 4.79 Å². The standard InChI is InChI=1S/C12H12F6O/c1-7(19)2-3-8-6-9(11(13,14)15)4-5-10(8)12(16,17)18/h2-3,6,9-10H,4-5H2,1H3. The fourth-order valence-electron chi connectivity index (χ4n) is 1.94. The molecule has 0 bridgehead atoms. The maximum absolute atomic E-state index is 12.7. The van der Waals surface area contributed by atoms with Gasteiger partial charge >= 0.3 is 12.4 Å². The Morgan fingerprint density at radius 2 is 1.74 bits per heavy atom. The molecule has 0 aromatic heterocycles. The van der Waals surface area contributed by atoms with Crippen molar-refractivity contribution in [2.45, 2.75) is 32.1 Å². The van der Waals surface area contributed by atoms with Gasteiger partial charge < -0.3 is 0 Å². The summed E-state index contributed by atoms with van der Waals surface area (Å²) < 4.78 is 75.7. The molecular formula is C12H12F6O. The zero-order valence-electron chi connectivity index (χ0n) is 9.98. The lowest BCUT2D eigenvalue weighted by molar-refractivity contribution is -0.184. The number of alkyl halides is 6. The molecule has 0 saturated heterocycles. The number of hydrogen-bond acceptors (Lipinski definition) is 1. The maximum Gasteiger partial charge on any atom is 0.395 e. The maximum atomic E-state index is 12.7. The molecule has 0 N–H and O–H groups in total. The summed E-state index contributed by atoms with van der Waals surface area (Å²) in [5, 5.41) is 0. The van der Waals surface area contributed by atoms with Crippen LogP contribution in [0.2, 0.25) is 0 Å². The van der Waals surface area contributed by atoms with E-state index in [1.165, 1.54) is 0 Å². The average molecular weight is 286 g/mol. The van der Waals surface area contributed by atoms with E-state index >= 15 is 0 Å². The average Bonchev–Trinajstić information content (AvgIpc) is 2.23. The summed E-state index contributed by atoms with van der Waals surface area (Å²) in [6.45, 7) is 1.11. The highest BCUT2D eigenvalue weighted by Crippen LogP contribution is 2.44. The Hall–Kier alpha value is -1.27. The molecule has 0 amide bonds. The van der Waals surface area contributed by atoms with Crippen molar-refractivity contribution >= 4 is 5.78 Å². The highest BCUT2D eigenvalue weighted by atomic mass is 19.4. The molecule has 1 aliphatic rings. The lowest BCUT2D eigenvalue weighted by Crippen LogP contribution is -2.32. The van der Waals surface area contributed by atoms with Crippen LogP contribution in [0.5, 0.6) is 0 Å². The van der Waals surface area contributed by atoms with Gasteiger partial charge in [0.15, 0.2) is 5.78 Å². The van der Waals surface area contributed by atoms with Crippen molar-refractivity contribution in [1.29, 1.82) is 0 Å². The summed E-state index contributed by atoms with van der Waals surface area (Å²) in [5.74, 6) is -4.35. The van der Waals surface area contributed by atoms with Crippen LogP contribution >= 0.6 is 0 Å². The van der Waals surface area contributed by atoms with E-state index in [0.717, 1.165) is 19.1 Å². The number of ketones is 1. The van der Waals surface area contributed by atoms with Crippen LogP contribution in [0.1, 0.15) is 19.8 Å². The summed E-state index contributed by atoms with van der Waals surface area (Å²) in [5.41, 5.74) is -0.490. The summed E-state index contributed by atoms with van der Waals surface area (Å²) in [7, 11) is 0. The minimum absolute atomic E-state index is 0.490. The number of allylic oxidation sites excluding steroid dienone is 4. The minimum Gasteiger partial charge on any atom is -0.295 e. The van der Waals surface area contributed by atoms with Gasteiger partial charge in [-0.1, -0.05) is 12.2 Å². The molecule has 1 rings (SSSR count).